The monoisotopic (exact) mass is 380 g/mol. The minimum absolute atomic E-state index is 0.0294. The highest BCUT2D eigenvalue weighted by atomic mass is 16.5. The van der Waals surface area contributed by atoms with Crippen LogP contribution in [0.3, 0.4) is 0 Å². The fourth-order valence-electron chi connectivity index (χ4n) is 4.94. The molecule has 0 radical (unpaired) electrons. The molecule has 0 aromatic heterocycles. The molecule has 3 fully saturated rings. The highest BCUT2D eigenvalue weighted by molar-refractivity contribution is 5.81. The number of amides is 2. The Hall–Kier alpha value is -1.63. The van der Waals surface area contributed by atoms with Gasteiger partial charge in [0.05, 0.1) is 12.5 Å². The number of nitrogens with zero attached hydrogens (tertiary/aromatic N) is 1. The fourth-order valence-corrected chi connectivity index (χ4v) is 4.94. The molecule has 3 aliphatic rings. The number of likely N-dealkylation sites (tertiary alicyclic amines) is 1. The maximum atomic E-state index is 13.0. The Morgan fingerprint density at radius 2 is 1.70 bits per heavy atom. The van der Waals surface area contributed by atoms with E-state index in [1.54, 1.807) is 12.0 Å². The Balaban J connectivity index is 1.49. The van der Waals surface area contributed by atoms with E-state index < -0.39 is 5.97 Å². The van der Waals surface area contributed by atoms with Gasteiger partial charge < -0.3 is 20.1 Å². The van der Waals surface area contributed by atoms with E-state index in [9.17, 15) is 14.4 Å². The summed E-state index contributed by atoms with van der Waals surface area (Å²) in [5.74, 6) is -0.534. The predicted octanol–water partition coefficient (Wildman–Crippen LogP) is 1.94. The van der Waals surface area contributed by atoms with Crippen LogP contribution in [-0.4, -0.2) is 59.6 Å². The van der Waals surface area contributed by atoms with E-state index in [1.165, 1.54) is 0 Å². The Morgan fingerprint density at radius 3 is 2.30 bits per heavy atom. The van der Waals surface area contributed by atoms with Crippen molar-refractivity contribution in [2.24, 2.45) is 11.8 Å². The van der Waals surface area contributed by atoms with E-state index in [0.717, 1.165) is 51.4 Å². The molecule has 1 heterocycles. The van der Waals surface area contributed by atoms with E-state index in [4.69, 9.17) is 9.84 Å². The van der Waals surface area contributed by atoms with Crippen LogP contribution in [0.2, 0.25) is 0 Å². The van der Waals surface area contributed by atoms with Crippen molar-refractivity contribution >= 4 is 17.8 Å². The maximum Gasteiger partial charge on any atom is 0.305 e. The van der Waals surface area contributed by atoms with Gasteiger partial charge in [0.2, 0.25) is 11.8 Å². The zero-order valence-electron chi connectivity index (χ0n) is 16.2. The molecule has 2 aliphatic carbocycles. The number of rotatable bonds is 6. The summed E-state index contributed by atoms with van der Waals surface area (Å²) in [5.41, 5.74) is 0. The largest absolute Gasteiger partial charge is 0.481 e. The van der Waals surface area contributed by atoms with Gasteiger partial charge in [0.25, 0.3) is 0 Å². The predicted molar refractivity (Wildman–Crippen MR) is 99.0 cm³/mol. The topological polar surface area (TPSA) is 95.9 Å². The average Bonchev–Trinajstić information content (AvgIpc) is 3.31. The second-order valence-electron chi connectivity index (χ2n) is 8.37. The molecule has 0 aromatic rings. The molecule has 7 nitrogen and oxygen atoms in total. The number of hydrogen-bond acceptors (Lipinski definition) is 4. The molecule has 2 amide bonds. The second kappa shape index (κ2) is 9.04. The minimum atomic E-state index is -0.882. The van der Waals surface area contributed by atoms with Crippen LogP contribution in [0.5, 0.6) is 0 Å². The third-order valence-corrected chi connectivity index (χ3v) is 6.55. The van der Waals surface area contributed by atoms with Crippen molar-refractivity contribution in [3.05, 3.63) is 0 Å². The van der Waals surface area contributed by atoms with E-state index in [-0.39, 0.29) is 48.3 Å². The van der Waals surface area contributed by atoms with Gasteiger partial charge in [-0.1, -0.05) is 12.8 Å². The van der Waals surface area contributed by atoms with Crippen LogP contribution >= 0.6 is 0 Å². The summed E-state index contributed by atoms with van der Waals surface area (Å²) in [6, 6.07) is -0.109. The van der Waals surface area contributed by atoms with Crippen molar-refractivity contribution in [3.63, 3.8) is 0 Å². The quantitative estimate of drug-likeness (QED) is 0.734. The zero-order valence-corrected chi connectivity index (χ0v) is 16.2. The van der Waals surface area contributed by atoms with Crippen molar-refractivity contribution in [1.82, 2.24) is 10.2 Å². The molecule has 2 N–H and O–H groups in total. The van der Waals surface area contributed by atoms with Gasteiger partial charge in [-0.15, -0.1) is 0 Å². The molecule has 0 aromatic carbocycles. The molecule has 27 heavy (non-hydrogen) atoms. The van der Waals surface area contributed by atoms with Crippen molar-refractivity contribution in [2.45, 2.75) is 82.4 Å². The molecule has 2 atom stereocenters. The summed E-state index contributed by atoms with van der Waals surface area (Å²) in [7, 11) is 1.61. The third-order valence-electron chi connectivity index (χ3n) is 6.55. The number of methoxy groups -OCH3 is 1. The highest BCUT2D eigenvalue weighted by Gasteiger charge is 2.40. The van der Waals surface area contributed by atoms with Crippen molar-refractivity contribution in [3.8, 4) is 0 Å². The molecule has 2 unspecified atom stereocenters. The van der Waals surface area contributed by atoms with Crippen molar-refractivity contribution < 1.29 is 24.2 Å². The van der Waals surface area contributed by atoms with Crippen LogP contribution in [-0.2, 0) is 19.1 Å². The molecular formula is C20H32N2O5. The van der Waals surface area contributed by atoms with E-state index in [2.05, 4.69) is 5.32 Å². The normalized spacial score (nSPS) is 31.8. The lowest BCUT2D eigenvalue weighted by Gasteiger charge is -2.33. The van der Waals surface area contributed by atoms with E-state index in [0.29, 0.717) is 13.0 Å². The molecule has 152 valence electrons. The number of nitrogens with one attached hydrogen (secondary N) is 1. The van der Waals surface area contributed by atoms with Crippen LogP contribution in [0, 0.1) is 11.8 Å². The number of aliphatic carboxylic acids is 1. The summed E-state index contributed by atoms with van der Waals surface area (Å²) in [4.78, 5) is 38.1. The summed E-state index contributed by atoms with van der Waals surface area (Å²) in [6.45, 7) is 0.478. The van der Waals surface area contributed by atoms with Crippen molar-refractivity contribution in [1.29, 1.82) is 0 Å². The molecule has 3 rings (SSSR count). The van der Waals surface area contributed by atoms with Gasteiger partial charge >= 0.3 is 5.97 Å². The minimum Gasteiger partial charge on any atom is -0.481 e. The summed E-state index contributed by atoms with van der Waals surface area (Å²) >= 11 is 0. The van der Waals surface area contributed by atoms with Gasteiger partial charge in [-0.25, -0.2) is 0 Å². The lowest BCUT2D eigenvalue weighted by atomic mass is 9.84. The van der Waals surface area contributed by atoms with Gasteiger partial charge in [-0.2, -0.15) is 0 Å². The van der Waals surface area contributed by atoms with Crippen LogP contribution < -0.4 is 5.32 Å². The SMILES string of the molecule is COC1CC(CC(=O)O)N(C(=O)C2CCC(NC(=O)C3CCCC3)CC2)C1. The molecular weight excluding hydrogens is 348 g/mol. The van der Waals surface area contributed by atoms with Crippen LogP contribution in [0.15, 0.2) is 0 Å². The smallest absolute Gasteiger partial charge is 0.305 e. The van der Waals surface area contributed by atoms with Crippen LogP contribution in [0.1, 0.15) is 64.2 Å². The van der Waals surface area contributed by atoms with E-state index >= 15 is 0 Å². The molecule has 0 bridgehead atoms. The van der Waals surface area contributed by atoms with Crippen LogP contribution in [0.4, 0.5) is 0 Å². The lowest BCUT2D eigenvalue weighted by molar-refractivity contribution is -0.141. The molecule has 1 saturated heterocycles. The first-order valence-corrected chi connectivity index (χ1v) is 10.3. The summed E-state index contributed by atoms with van der Waals surface area (Å²) < 4.78 is 5.37. The number of carboxylic acids is 1. The fraction of sp³-hybridized carbons (Fsp3) is 0.850. The molecule has 0 spiro atoms. The van der Waals surface area contributed by atoms with Gasteiger partial charge in [0.15, 0.2) is 0 Å². The number of ether oxygens (including phenoxy) is 1. The van der Waals surface area contributed by atoms with E-state index in [1.807, 2.05) is 0 Å². The first-order valence-electron chi connectivity index (χ1n) is 10.3. The molecule has 2 saturated carbocycles. The van der Waals surface area contributed by atoms with Gasteiger partial charge in [0.1, 0.15) is 0 Å². The highest BCUT2D eigenvalue weighted by Crippen LogP contribution is 2.31. The standard InChI is InChI=1S/C20H32N2O5/c1-27-17-10-16(11-18(23)24)22(12-17)20(26)14-6-8-15(9-7-14)21-19(25)13-4-2-3-5-13/h13-17H,2-12H2,1H3,(H,21,25)(H,23,24). The Kier molecular flexibility index (Phi) is 6.73. The second-order valence-corrected chi connectivity index (χ2v) is 8.37. The Bertz CT molecular complexity index is 553. The molecule has 1 aliphatic heterocycles. The van der Waals surface area contributed by atoms with Gasteiger partial charge in [-0.05, 0) is 44.9 Å². The lowest BCUT2D eigenvalue weighted by Crippen LogP contribution is -2.45. The summed E-state index contributed by atoms with van der Waals surface area (Å²) in [6.07, 6.45) is 7.91. The average molecular weight is 380 g/mol. The maximum absolute atomic E-state index is 13.0. The van der Waals surface area contributed by atoms with Gasteiger partial charge in [-0.3, -0.25) is 14.4 Å². The number of hydrogen-bond donors (Lipinski definition) is 2. The molecule has 7 heteroatoms. The van der Waals surface area contributed by atoms with Gasteiger partial charge in [0, 0.05) is 37.6 Å². The third kappa shape index (κ3) is 5.00. The Labute approximate surface area is 160 Å². The first-order chi connectivity index (χ1) is 13.0. The number of carboxylic acid groups (broad SMARTS) is 1. The zero-order chi connectivity index (χ0) is 19.4. The number of carbonyl (C=O) groups excluding carboxylic acids is 2. The Morgan fingerprint density at radius 1 is 1.04 bits per heavy atom. The first kappa shape index (κ1) is 20.1. The number of carbonyl (C=O) groups is 3. The van der Waals surface area contributed by atoms with Crippen molar-refractivity contribution in [2.75, 3.05) is 13.7 Å². The van der Waals surface area contributed by atoms with Crippen LogP contribution in [0.25, 0.3) is 0 Å². The summed E-state index contributed by atoms with van der Waals surface area (Å²) in [5, 5.41) is 12.3.